The van der Waals surface area contributed by atoms with Crippen molar-refractivity contribution in [3.63, 3.8) is 0 Å². The van der Waals surface area contributed by atoms with Crippen LogP contribution < -0.4 is 9.73 Å². The molecule has 0 atom stereocenters. The molecule has 0 heterocycles. The van der Waals surface area contributed by atoms with Crippen LogP contribution in [0.1, 0.15) is 5.56 Å². The molecule has 190 valence electrons. The molecule has 0 aromatic heterocycles. The van der Waals surface area contributed by atoms with Crippen LogP contribution in [-0.2, 0) is 14.8 Å². The van der Waals surface area contributed by atoms with Crippen LogP contribution in [0, 0.1) is 0 Å². The summed E-state index contributed by atoms with van der Waals surface area (Å²) in [6.45, 7) is -0.540. The number of hydrogen-bond donors (Lipinski definition) is 1. The van der Waals surface area contributed by atoms with Crippen molar-refractivity contribution in [2.75, 3.05) is 10.8 Å². The maximum atomic E-state index is 13.5. The number of fused-ring (bicyclic) bond motifs is 2. The Morgan fingerprint density at radius 1 is 0.789 bits per heavy atom. The van der Waals surface area contributed by atoms with Crippen LogP contribution in [0.4, 0.5) is 5.69 Å². The molecule has 0 saturated carbocycles. The first-order valence-corrected chi connectivity index (χ1v) is 13.8. The predicted octanol–water partition coefficient (Wildman–Crippen LogP) is 6.65. The average molecular weight is 562 g/mol. The van der Waals surface area contributed by atoms with E-state index in [1.807, 2.05) is 48.5 Å². The number of benzene rings is 5. The number of carbonyl (C=O) groups is 1. The van der Waals surface area contributed by atoms with Gasteiger partial charge in [-0.15, -0.1) is 0 Å². The molecule has 0 aliphatic heterocycles. The second-order valence-corrected chi connectivity index (χ2v) is 11.2. The Morgan fingerprint density at radius 3 is 1.95 bits per heavy atom. The van der Waals surface area contributed by atoms with E-state index in [-0.39, 0.29) is 20.6 Å². The fraction of sp³-hybridized carbons (Fsp3) is 0.0345. The van der Waals surface area contributed by atoms with Crippen molar-refractivity contribution in [1.29, 1.82) is 0 Å². The molecule has 0 aliphatic rings. The van der Waals surface area contributed by atoms with Crippen molar-refractivity contribution in [3.8, 4) is 0 Å². The summed E-state index contributed by atoms with van der Waals surface area (Å²) in [7, 11) is -4.11. The first kappa shape index (κ1) is 25.7. The number of amides is 1. The van der Waals surface area contributed by atoms with Gasteiger partial charge in [0.2, 0.25) is 0 Å². The van der Waals surface area contributed by atoms with Crippen molar-refractivity contribution in [2.45, 2.75) is 4.90 Å². The van der Waals surface area contributed by atoms with Gasteiger partial charge in [-0.05, 0) is 57.9 Å². The van der Waals surface area contributed by atoms with Gasteiger partial charge >= 0.3 is 0 Å². The number of anilines is 1. The molecule has 0 saturated heterocycles. The molecule has 1 N–H and O–H groups in total. The molecule has 0 spiro atoms. The van der Waals surface area contributed by atoms with E-state index in [9.17, 15) is 13.2 Å². The van der Waals surface area contributed by atoms with Crippen LogP contribution in [0.3, 0.4) is 0 Å². The molecule has 0 unspecified atom stereocenters. The van der Waals surface area contributed by atoms with E-state index in [0.717, 1.165) is 31.4 Å². The van der Waals surface area contributed by atoms with Crippen LogP contribution >= 0.6 is 23.2 Å². The lowest BCUT2D eigenvalue weighted by Crippen LogP contribution is -2.39. The largest absolute Gasteiger partial charge is 0.271 e. The van der Waals surface area contributed by atoms with Gasteiger partial charge in [0.05, 0.1) is 16.8 Å². The van der Waals surface area contributed by atoms with Crippen LogP contribution in [-0.4, -0.2) is 27.1 Å². The second-order valence-electron chi connectivity index (χ2n) is 8.48. The van der Waals surface area contributed by atoms with Crippen molar-refractivity contribution in [3.05, 3.63) is 119 Å². The Kier molecular flexibility index (Phi) is 7.33. The van der Waals surface area contributed by atoms with Gasteiger partial charge in [0, 0.05) is 15.6 Å². The minimum absolute atomic E-state index is 0.0228. The smallest absolute Gasteiger partial charge is 0.264 e. The molecule has 0 fully saturated rings. The highest BCUT2D eigenvalue weighted by molar-refractivity contribution is 7.92. The van der Waals surface area contributed by atoms with E-state index in [0.29, 0.717) is 0 Å². The highest BCUT2D eigenvalue weighted by Gasteiger charge is 2.27. The summed E-state index contributed by atoms with van der Waals surface area (Å²) in [6.07, 6.45) is 1.58. The van der Waals surface area contributed by atoms with E-state index < -0.39 is 22.5 Å². The molecule has 5 aromatic carbocycles. The van der Waals surface area contributed by atoms with Gasteiger partial charge in [0.15, 0.2) is 0 Å². The molecule has 38 heavy (non-hydrogen) atoms. The van der Waals surface area contributed by atoms with Crippen LogP contribution in [0.2, 0.25) is 10.0 Å². The van der Waals surface area contributed by atoms with Crippen molar-refractivity contribution < 1.29 is 13.2 Å². The van der Waals surface area contributed by atoms with Gasteiger partial charge in [-0.25, -0.2) is 13.8 Å². The summed E-state index contributed by atoms with van der Waals surface area (Å²) in [5, 5.41) is 8.69. The van der Waals surface area contributed by atoms with Crippen molar-refractivity contribution in [1.82, 2.24) is 5.43 Å². The van der Waals surface area contributed by atoms with E-state index in [1.165, 1.54) is 30.3 Å². The number of hydrazone groups is 1. The Morgan fingerprint density at radius 2 is 1.34 bits per heavy atom. The fourth-order valence-corrected chi connectivity index (χ4v) is 6.18. The zero-order valence-electron chi connectivity index (χ0n) is 19.9. The second kappa shape index (κ2) is 10.8. The summed E-state index contributed by atoms with van der Waals surface area (Å²) in [5.41, 5.74) is 3.47. The number of rotatable bonds is 7. The molecule has 0 bridgehead atoms. The zero-order valence-corrected chi connectivity index (χ0v) is 22.2. The molecular formula is C29H21Cl2N3O3S. The zero-order chi connectivity index (χ0) is 26.7. The lowest BCUT2D eigenvalue weighted by Gasteiger charge is -2.24. The maximum absolute atomic E-state index is 13.5. The van der Waals surface area contributed by atoms with E-state index in [4.69, 9.17) is 23.2 Å². The average Bonchev–Trinajstić information content (AvgIpc) is 2.91. The number of nitrogens with zero attached hydrogens (tertiary/aromatic N) is 2. The topological polar surface area (TPSA) is 78.8 Å². The predicted molar refractivity (Wildman–Crippen MR) is 155 cm³/mol. The molecule has 9 heteroatoms. The first-order valence-electron chi connectivity index (χ1n) is 11.6. The fourth-order valence-electron chi connectivity index (χ4n) is 4.24. The van der Waals surface area contributed by atoms with Crippen LogP contribution in [0.15, 0.2) is 113 Å². The third-order valence-corrected chi connectivity index (χ3v) is 8.17. The minimum atomic E-state index is -4.11. The standard InChI is InChI=1S/C29H21Cl2N3O3S/c30-22-15-23(31)17-24(16-22)34(38(36,37)25-10-2-1-3-11-25)19-29(35)33-32-18-28-26-12-6-4-8-20(26)14-21-9-5-7-13-27(21)28/h1-18H,19H2,(H,33,35)/b32-18-. The normalized spacial score (nSPS) is 11.7. The van der Waals surface area contributed by atoms with Gasteiger partial charge in [0.1, 0.15) is 6.54 Å². The summed E-state index contributed by atoms with van der Waals surface area (Å²) in [5.74, 6) is -0.638. The van der Waals surface area contributed by atoms with E-state index in [2.05, 4.69) is 16.6 Å². The Balaban J connectivity index is 1.46. The van der Waals surface area contributed by atoms with Crippen molar-refractivity contribution >= 4 is 72.6 Å². The Hall–Kier alpha value is -3.91. The van der Waals surface area contributed by atoms with Gasteiger partial charge in [-0.1, -0.05) is 89.9 Å². The first-order chi connectivity index (χ1) is 18.3. The third kappa shape index (κ3) is 5.36. The Bertz CT molecular complexity index is 1720. The number of hydrogen-bond acceptors (Lipinski definition) is 4. The molecule has 1 amide bonds. The highest BCUT2D eigenvalue weighted by Crippen LogP contribution is 2.30. The molecule has 5 rings (SSSR count). The minimum Gasteiger partial charge on any atom is -0.271 e. The summed E-state index contributed by atoms with van der Waals surface area (Å²) < 4.78 is 28.0. The number of halogens is 2. The van der Waals surface area contributed by atoms with Gasteiger partial charge < -0.3 is 0 Å². The maximum Gasteiger partial charge on any atom is 0.264 e. The monoisotopic (exact) mass is 561 g/mol. The number of carbonyl (C=O) groups excluding carboxylic acids is 1. The van der Waals surface area contributed by atoms with Gasteiger partial charge in [-0.2, -0.15) is 5.10 Å². The lowest BCUT2D eigenvalue weighted by atomic mass is 9.97. The third-order valence-electron chi connectivity index (χ3n) is 5.95. The number of sulfonamides is 1. The highest BCUT2D eigenvalue weighted by atomic mass is 35.5. The van der Waals surface area contributed by atoms with Crippen LogP contribution in [0.5, 0.6) is 0 Å². The van der Waals surface area contributed by atoms with Gasteiger partial charge in [0.25, 0.3) is 15.9 Å². The molecule has 6 nitrogen and oxygen atoms in total. The summed E-state index contributed by atoms with van der Waals surface area (Å²) in [4.78, 5) is 13.0. The lowest BCUT2D eigenvalue weighted by molar-refractivity contribution is -0.119. The van der Waals surface area contributed by atoms with E-state index >= 15 is 0 Å². The molecule has 5 aromatic rings. The van der Waals surface area contributed by atoms with E-state index in [1.54, 1.807) is 24.4 Å². The Labute approximate surface area is 230 Å². The van der Waals surface area contributed by atoms with Crippen LogP contribution in [0.25, 0.3) is 21.5 Å². The molecular weight excluding hydrogens is 541 g/mol. The van der Waals surface area contributed by atoms with Gasteiger partial charge in [-0.3, -0.25) is 9.10 Å². The molecule has 0 radical (unpaired) electrons. The summed E-state index contributed by atoms with van der Waals surface area (Å²) in [6, 6.07) is 30.1. The quantitative estimate of drug-likeness (QED) is 0.137. The summed E-state index contributed by atoms with van der Waals surface area (Å²) >= 11 is 12.3. The SMILES string of the molecule is O=C(CN(c1cc(Cl)cc(Cl)c1)S(=O)(=O)c1ccccc1)N/N=C\c1c2ccccc2cc2ccccc12. The van der Waals surface area contributed by atoms with Crippen molar-refractivity contribution in [2.24, 2.45) is 5.10 Å². The molecule has 0 aliphatic carbocycles. The number of nitrogens with one attached hydrogen (secondary N) is 1.